The third kappa shape index (κ3) is 4.35. The zero-order valence-corrected chi connectivity index (χ0v) is 12.6. The van der Waals surface area contributed by atoms with E-state index in [1.165, 1.54) is 0 Å². The Morgan fingerprint density at radius 3 is 2.42 bits per heavy atom. The van der Waals surface area contributed by atoms with Gasteiger partial charge in [-0.25, -0.2) is 9.97 Å². The van der Waals surface area contributed by atoms with E-state index >= 15 is 0 Å². The van der Waals surface area contributed by atoms with Crippen molar-refractivity contribution in [2.45, 2.75) is 46.1 Å². The summed E-state index contributed by atoms with van der Waals surface area (Å²) < 4.78 is 0. The van der Waals surface area contributed by atoms with Gasteiger partial charge in [-0.1, -0.05) is 13.8 Å². The Morgan fingerprint density at radius 1 is 1.26 bits per heavy atom. The molecule has 1 rings (SSSR count). The topological polar surface area (TPSA) is 61.3 Å². The average Bonchev–Trinajstić information content (AvgIpc) is 2.38. The molecular formula is C14H26N4O. The van der Waals surface area contributed by atoms with Crippen molar-refractivity contribution < 1.29 is 5.11 Å². The Balaban J connectivity index is 3.10. The van der Waals surface area contributed by atoms with Crippen LogP contribution in [0.5, 0.6) is 0 Å². The van der Waals surface area contributed by atoms with Crippen LogP contribution >= 0.6 is 0 Å². The van der Waals surface area contributed by atoms with Crippen molar-refractivity contribution in [1.82, 2.24) is 9.97 Å². The molecule has 0 bridgehead atoms. The number of hydrogen-bond donors (Lipinski definition) is 2. The molecule has 1 aromatic rings. The van der Waals surface area contributed by atoms with Gasteiger partial charge in [0.1, 0.15) is 17.5 Å². The first kappa shape index (κ1) is 15.7. The van der Waals surface area contributed by atoms with E-state index in [0.717, 1.165) is 30.4 Å². The second-order valence-corrected chi connectivity index (χ2v) is 5.24. The van der Waals surface area contributed by atoms with Crippen molar-refractivity contribution >= 4 is 11.6 Å². The molecule has 0 aliphatic rings. The quantitative estimate of drug-likeness (QED) is 0.792. The fourth-order valence-electron chi connectivity index (χ4n) is 1.86. The van der Waals surface area contributed by atoms with Crippen LogP contribution < -0.4 is 10.2 Å². The van der Waals surface area contributed by atoms with E-state index in [-0.39, 0.29) is 6.61 Å². The van der Waals surface area contributed by atoms with Crippen molar-refractivity contribution in [3.05, 3.63) is 11.9 Å². The molecular weight excluding hydrogens is 240 g/mol. The number of aliphatic hydroxyl groups excluding tert-OH is 1. The second kappa shape index (κ2) is 7.28. The SMILES string of the molecule is CNc1cc(N(CCCO)C(C)C)nc(C(C)C)n1. The lowest BCUT2D eigenvalue weighted by atomic mass is 10.2. The van der Waals surface area contributed by atoms with E-state index in [1.807, 2.05) is 13.1 Å². The number of rotatable bonds is 7. The molecule has 0 atom stereocenters. The van der Waals surface area contributed by atoms with Gasteiger partial charge in [0.2, 0.25) is 0 Å². The normalized spacial score (nSPS) is 11.2. The largest absolute Gasteiger partial charge is 0.396 e. The summed E-state index contributed by atoms with van der Waals surface area (Å²) in [6.45, 7) is 9.44. The maximum atomic E-state index is 9.02. The van der Waals surface area contributed by atoms with Crippen LogP contribution in [0.4, 0.5) is 11.6 Å². The molecule has 0 saturated heterocycles. The maximum absolute atomic E-state index is 9.02. The number of nitrogens with one attached hydrogen (secondary N) is 1. The third-order valence-electron chi connectivity index (χ3n) is 2.98. The van der Waals surface area contributed by atoms with Gasteiger partial charge in [-0.15, -0.1) is 0 Å². The Hall–Kier alpha value is -1.36. The van der Waals surface area contributed by atoms with E-state index in [4.69, 9.17) is 5.11 Å². The monoisotopic (exact) mass is 266 g/mol. The minimum absolute atomic E-state index is 0.199. The summed E-state index contributed by atoms with van der Waals surface area (Å²) in [4.78, 5) is 11.3. The Morgan fingerprint density at radius 2 is 1.95 bits per heavy atom. The molecule has 0 radical (unpaired) electrons. The van der Waals surface area contributed by atoms with Gasteiger partial charge in [0.05, 0.1) is 0 Å². The fourth-order valence-corrected chi connectivity index (χ4v) is 1.86. The van der Waals surface area contributed by atoms with Crippen molar-refractivity contribution in [3.8, 4) is 0 Å². The van der Waals surface area contributed by atoms with Gasteiger partial charge < -0.3 is 15.3 Å². The number of anilines is 2. The van der Waals surface area contributed by atoms with Gasteiger partial charge in [-0.05, 0) is 20.3 Å². The molecule has 2 N–H and O–H groups in total. The lowest BCUT2D eigenvalue weighted by Crippen LogP contribution is -2.33. The van der Waals surface area contributed by atoms with Crippen LogP contribution in [-0.2, 0) is 0 Å². The van der Waals surface area contributed by atoms with Gasteiger partial charge >= 0.3 is 0 Å². The molecule has 108 valence electrons. The predicted molar refractivity (Wildman–Crippen MR) is 79.9 cm³/mol. The Bertz CT molecular complexity index is 393. The van der Waals surface area contributed by atoms with Crippen LogP contribution in [0.2, 0.25) is 0 Å². The summed E-state index contributed by atoms with van der Waals surface area (Å²) in [5, 5.41) is 12.1. The lowest BCUT2D eigenvalue weighted by molar-refractivity contribution is 0.288. The smallest absolute Gasteiger partial charge is 0.135 e. The molecule has 1 heterocycles. The van der Waals surface area contributed by atoms with Crippen LogP contribution in [0.15, 0.2) is 6.07 Å². The second-order valence-electron chi connectivity index (χ2n) is 5.24. The van der Waals surface area contributed by atoms with Gasteiger partial charge in [-0.3, -0.25) is 0 Å². The molecule has 0 fully saturated rings. The van der Waals surface area contributed by atoms with Crippen molar-refractivity contribution in [3.63, 3.8) is 0 Å². The first-order chi connectivity index (χ1) is 8.99. The van der Waals surface area contributed by atoms with Gasteiger partial charge in [-0.2, -0.15) is 0 Å². The van der Waals surface area contributed by atoms with Gasteiger partial charge in [0.15, 0.2) is 0 Å². The van der Waals surface area contributed by atoms with E-state index < -0.39 is 0 Å². The highest BCUT2D eigenvalue weighted by Crippen LogP contribution is 2.21. The number of aliphatic hydroxyl groups is 1. The summed E-state index contributed by atoms with van der Waals surface area (Å²) >= 11 is 0. The number of aromatic nitrogens is 2. The average molecular weight is 266 g/mol. The fraction of sp³-hybridized carbons (Fsp3) is 0.714. The maximum Gasteiger partial charge on any atom is 0.135 e. The number of nitrogens with zero attached hydrogens (tertiary/aromatic N) is 3. The molecule has 19 heavy (non-hydrogen) atoms. The highest BCUT2D eigenvalue weighted by molar-refractivity contribution is 5.50. The molecule has 0 aliphatic heterocycles. The van der Waals surface area contributed by atoms with E-state index in [2.05, 4.69) is 47.9 Å². The van der Waals surface area contributed by atoms with E-state index in [9.17, 15) is 0 Å². The van der Waals surface area contributed by atoms with Crippen LogP contribution in [0.1, 0.15) is 45.9 Å². The highest BCUT2D eigenvalue weighted by atomic mass is 16.3. The molecule has 0 aromatic carbocycles. The summed E-state index contributed by atoms with van der Waals surface area (Å²) in [6.07, 6.45) is 0.744. The number of hydrogen-bond acceptors (Lipinski definition) is 5. The van der Waals surface area contributed by atoms with E-state index in [0.29, 0.717) is 12.0 Å². The van der Waals surface area contributed by atoms with Crippen molar-refractivity contribution in [2.75, 3.05) is 30.4 Å². The standard InChI is InChI=1S/C14H26N4O/c1-10(2)14-16-12(15-5)9-13(17-14)18(11(3)4)7-6-8-19/h9-11,19H,6-8H2,1-5H3,(H,15,16,17). The molecule has 0 aliphatic carbocycles. The van der Waals surface area contributed by atoms with Gasteiger partial charge in [0.25, 0.3) is 0 Å². The third-order valence-corrected chi connectivity index (χ3v) is 2.98. The first-order valence-corrected chi connectivity index (χ1v) is 6.93. The zero-order chi connectivity index (χ0) is 14.4. The summed E-state index contributed by atoms with van der Waals surface area (Å²) in [6, 6.07) is 2.30. The van der Waals surface area contributed by atoms with Crippen LogP contribution in [-0.4, -0.2) is 41.3 Å². The van der Waals surface area contributed by atoms with Crippen LogP contribution in [0.25, 0.3) is 0 Å². The molecule has 0 unspecified atom stereocenters. The minimum Gasteiger partial charge on any atom is -0.396 e. The summed E-state index contributed by atoms with van der Waals surface area (Å²) in [5.41, 5.74) is 0. The Labute approximate surface area is 116 Å². The lowest BCUT2D eigenvalue weighted by Gasteiger charge is -2.28. The predicted octanol–water partition coefficient (Wildman–Crippen LogP) is 2.24. The molecule has 0 saturated carbocycles. The highest BCUT2D eigenvalue weighted by Gasteiger charge is 2.15. The van der Waals surface area contributed by atoms with Crippen molar-refractivity contribution in [2.24, 2.45) is 0 Å². The van der Waals surface area contributed by atoms with Crippen LogP contribution in [0.3, 0.4) is 0 Å². The summed E-state index contributed by atoms with van der Waals surface area (Å²) in [5.74, 6) is 2.89. The van der Waals surface area contributed by atoms with E-state index in [1.54, 1.807) is 0 Å². The van der Waals surface area contributed by atoms with Gasteiger partial charge in [0, 0.05) is 38.2 Å². The molecule has 5 nitrogen and oxygen atoms in total. The minimum atomic E-state index is 0.199. The Kier molecular flexibility index (Phi) is 6.02. The summed E-state index contributed by atoms with van der Waals surface area (Å²) in [7, 11) is 1.86. The zero-order valence-electron chi connectivity index (χ0n) is 12.6. The first-order valence-electron chi connectivity index (χ1n) is 6.93. The molecule has 0 amide bonds. The molecule has 0 spiro atoms. The van der Waals surface area contributed by atoms with Crippen molar-refractivity contribution in [1.29, 1.82) is 0 Å². The van der Waals surface area contributed by atoms with Crippen LogP contribution in [0, 0.1) is 0 Å². The molecule has 5 heteroatoms. The molecule has 1 aromatic heterocycles.